The molecule has 4 nitrogen and oxygen atoms in total. The summed E-state index contributed by atoms with van der Waals surface area (Å²) in [5, 5.41) is 2.23. The monoisotopic (exact) mass is 276 g/mol. The van der Waals surface area contributed by atoms with Crippen LogP contribution in [-0.4, -0.2) is 42.1 Å². The molecular weight excluding hydrogens is 264 g/mol. The van der Waals surface area contributed by atoms with Gasteiger partial charge in [0.2, 0.25) is 0 Å². The fraction of sp³-hybridized carbons (Fsp3) is 0.286. The minimum absolute atomic E-state index is 0.0329. The lowest BCUT2D eigenvalue weighted by Crippen LogP contribution is -2.40. The van der Waals surface area contributed by atoms with Crippen molar-refractivity contribution in [2.45, 2.75) is 0 Å². The number of carbonyl (C=O) groups excluding carboxylic acids is 1. The van der Waals surface area contributed by atoms with Gasteiger partial charge in [-0.25, -0.2) is 0 Å². The maximum Gasteiger partial charge on any atom is 0.256 e. The normalized spacial score (nSPS) is 15.7. The van der Waals surface area contributed by atoms with Crippen molar-refractivity contribution in [1.82, 2.24) is 9.88 Å². The minimum Gasteiger partial charge on any atom is -0.378 e. The largest absolute Gasteiger partial charge is 0.378 e. The Balaban J connectivity index is 2.06. The van der Waals surface area contributed by atoms with E-state index in [0.29, 0.717) is 36.9 Å². The summed E-state index contributed by atoms with van der Waals surface area (Å²) in [7, 11) is 0. The molecule has 1 fully saturated rings. The average molecular weight is 277 g/mol. The summed E-state index contributed by atoms with van der Waals surface area (Å²) in [6.07, 6.45) is 3.31. The Hall–Kier alpha value is -1.65. The van der Waals surface area contributed by atoms with Crippen LogP contribution in [0.15, 0.2) is 30.6 Å². The van der Waals surface area contributed by atoms with Gasteiger partial charge >= 0.3 is 0 Å². The number of nitrogens with zero attached hydrogens (tertiary/aromatic N) is 2. The molecule has 0 aliphatic carbocycles. The molecule has 2 heterocycles. The van der Waals surface area contributed by atoms with Crippen LogP contribution in [0.25, 0.3) is 10.8 Å². The van der Waals surface area contributed by atoms with Gasteiger partial charge in [0.25, 0.3) is 5.91 Å². The van der Waals surface area contributed by atoms with Crippen LogP contribution < -0.4 is 0 Å². The van der Waals surface area contributed by atoms with E-state index < -0.39 is 0 Å². The number of rotatable bonds is 1. The van der Waals surface area contributed by atoms with Gasteiger partial charge in [-0.15, -0.1) is 0 Å². The van der Waals surface area contributed by atoms with Crippen molar-refractivity contribution in [3.05, 3.63) is 41.2 Å². The molecular formula is C14H13ClN2O2. The standard InChI is InChI=1S/C14H13ClN2O2/c15-12-3-1-2-10-8-16-9-11(13(10)12)14(18)17-4-6-19-7-5-17/h1-3,8-9H,4-7H2. The molecule has 1 aliphatic heterocycles. The Kier molecular flexibility index (Phi) is 3.36. The van der Waals surface area contributed by atoms with E-state index in [1.54, 1.807) is 23.4 Å². The average Bonchev–Trinajstić information content (AvgIpc) is 2.47. The van der Waals surface area contributed by atoms with Crippen LogP contribution in [0.2, 0.25) is 5.02 Å². The van der Waals surface area contributed by atoms with E-state index in [4.69, 9.17) is 16.3 Å². The zero-order chi connectivity index (χ0) is 13.2. The van der Waals surface area contributed by atoms with Crippen LogP contribution in [0, 0.1) is 0 Å². The molecule has 0 N–H and O–H groups in total. The zero-order valence-corrected chi connectivity index (χ0v) is 11.1. The Morgan fingerprint density at radius 1 is 1.26 bits per heavy atom. The molecule has 1 aromatic heterocycles. The molecule has 0 atom stereocenters. The minimum atomic E-state index is -0.0329. The number of aromatic nitrogens is 1. The van der Waals surface area contributed by atoms with Gasteiger partial charge in [0.05, 0.1) is 18.8 Å². The zero-order valence-electron chi connectivity index (χ0n) is 10.3. The molecule has 19 heavy (non-hydrogen) atoms. The number of hydrogen-bond donors (Lipinski definition) is 0. The Morgan fingerprint density at radius 3 is 2.84 bits per heavy atom. The maximum atomic E-state index is 12.5. The highest BCUT2D eigenvalue weighted by atomic mass is 35.5. The van der Waals surface area contributed by atoms with Crippen LogP contribution >= 0.6 is 11.6 Å². The second-order valence-corrected chi connectivity index (χ2v) is 4.84. The number of fused-ring (bicyclic) bond motifs is 1. The van der Waals surface area contributed by atoms with Gasteiger partial charge in [-0.1, -0.05) is 23.7 Å². The highest BCUT2D eigenvalue weighted by Gasteiger charge is 2.21. The van der Waals surface area contributed by atoms with Crippen LogP contribution in [0.4, 0.5) is 0 Å². The van der Waals surface area contributed by atoms with E-state index >= 15 is 0 Å². The molecule has 5 heteroatoms. The first-order valence-electron chi connectivity index (χ1n) is 6.16. The number of amides is 1. The van der Waals surface area contributed by atoms with Crippen LogP contribution in [0.3, 0.4) is 0 Å². The van der Waals surface area contributed by atoms with Gasteiger partial charge in [-0.3, -0.25) is 9.78 Å². The lowest BCUT2D eigenvalue weighted by Gasteiger charge is -2.27. The molecule has 1 saturated heterocycles. The quantitative estimate of drug-likeness (QED) is 0.803. The third-order valence-electron chi connectivity index (χ3n) is 3.26. The SMILES string of the molecule is O=C(c1cncc2cccc(Cl)c12)N1CCOCC1. The van der Waals surface area contributed by atoms with E-state index in [1.807, 2.05) is 12.1 Å². The van der Waals surface area contributed by atoms with Crippen molar-refractivity contribution in [2.75, 3.05) is 26.3 Å². The van der Waals surface area contributed by atoms with Crippen molar-refractivity contribution in [1.29, 1.82) is 0 Å². The van der Waals surface area contributed by atoms with Crippen molar-refractivity contribution in [3.63, 3.8) is 0 Å². The van der Waals surface area contributed by atoms with E-state index in [9.17, 15) is 4.79 Å². The molecule has 98 valence electrons. The number of benzene rings is 1. The molecule has 3 rings (SSSR count). The van der Waals surface area contributed by atoms with Gasteiger partial charge in [0.1, 0.15) is 0 Å². The first-order chi connectivity index (χ1) is 9.27. The first kappa shape index (κ1) is 12.4. The Morgan fingerprint density at radius 2 is 2.05 bits per heavy atom. The molecule has 0 saturated carbocycles. The number of halogens is 1. The highest BCUT2D eigenvalue weighted by molar-refractivity contribution is 6.36. The lowest BCUT2D eigenvalue weighted by atomic mass is 10.1. The summed E-state index contributed by atoms with van der Waals surface area (Å²) in [6.45, 7) is 2.38. The van der Waals surface area contributed by atoms with Crippen molar-refractivity contribution < 1.29 is 9.53 Å². The van der Waals surface area contributed by atoms with Gasteiger partial charge in [-0.05, 0) is 6.07 Å². The van der Waals surface area contributed by atoms with E-state index in [0.717, 1.165) is 10.8 Å². The number of ether oxygens (including phenoxy) is 1. The van der Waals surface area contributed by atoms with Gasteiger partial charge in [0, 0.05) is 41.3 Å². The third-order valence-corrected chi connectivity index (χ3v) is 3.58. The van der Waals surface area contributed by atoms with Crippen molar-refractivity contribution in [2.24, 2.45) is 0 Å². The van der Waals surface area contributed by atoms with Crippen LogP contribution in [0.5, 0.6) is 0 Å². The van der Waals surface area contributed by atoms with E-state index in [-0.39, 0.29) is 5.91 Å². The van der Waals surface area contributed by atoms with Crippen LogP contribution in [0.1, 0.15) is 10.4 Å². The Bertz CT molecular complexity index is 619. The number of hydrogen-bond acceptors (Lipinski definition) is 3. The molecule has 0 unspecified atom stereocenters. The second kappa shape index (κ2) is 5.15. The smallest absolute Gasteiger partial charge is 0.256 e. The maximum absolute atomic E-state index is 12.5. The lowest BCUT2D eigenvalue weighted by molar-refractivity contribution is 0.0304. The first-order valence-corrected chi connectivity index (χ1v) is 6.54. The van der Waals surface area contributed by atoms with Crippen LogP contribution in [-0.2, 0) is 4.74 Å². The van der Waals surface area contributed by atoms with Crippen molar-refractivity contribution >= 4 is 28.3 Å². The predicted molar refractivity (Wildman–Crippen MR) is 73.5 cm³/mol. The summed E-state index contributed by atoms with van der Waals surface area (Å²) in [5.74, 6) is -0.0329. The van der Waals surface area contributed by atoms with E-state index in [2.05, 4.69) is 4.98 Å². The molecule has 0 spiro atoms. The summed E-state index contributed by atoms with van der Waals surface area (Å²) in [6, 6.07) is 5.56. The second-order valence-electron chi connectivity index (χ2n) is 4.43. The number of morpholine rings is 1. The molecule has 1 amide bonds. The predicted octanol–water partition coefficient (Wildman–Crippen LogP) is 2.36. The summed E-state index contributed by atoms with van der Waals surface area (Å²) in [4.78, 5) is 18.5. The highest BCUT2D eigenvalue weighted by Crippen LogP contribution is 2.27. The molecule has 1 aromatic carbocycles. The molecule has 1 aliphatic rings. The fourth-order valence-corrected chi connectivity index (χ4v) is 2.57. The summed E-state index contributed by atoms with van der Waals surface area (Å²) < 4.78 is 5.26. The summed E-state index contributed by atoms with van der Waals surface area (Å²) in [5.41, 5.74) is 0.560. The van der Waals surface area contributed by atoms with Gasteiger partial charge in [-0.2, -0.15) is 0 Å². The number of carbonyl (C=O) groups is 1. The topological polar surface area (TPSA) is 42.4 Å². The molecule has 0 radical (unpaired) electrons. The third kappa shape index (κ3) is 2.29. The van der Waals surface area contributed by atoms with Gasteiger partial charge < -0.3 is 9.64 Å². The molecule has 0 bridgehead atoms. The van der Waals surface area contributed by atoms with Gasteiger partial charge in [0.15, 0.2) is 0 Å². The summed E-state index contributed by atoms with van der Waals surface area (Å²) >= 11 is 6.22. The number of pyridine rings is 1. The van der Waals surface area contributed by atoms with E-state index in [1.165, 1.54) is 0 Å². The Labute approximate surface area is 115 Å². The van der Waals surface area contributed by atoms with Crippen molar-refractivity contribution in [3.8, 4) is 0 Å². The molecule has 2 aromatic rings. The fourth-order valence-electron chi connectivity index (χ4n) is 2.29.